The molecule has 9 heteroatoms. The van der Waals surface area contributed by atoms with Crippen LogP contribution in [0.25, 0.3) is 22.5 Å². The lowest BCUT2D eigenvalue weighted by molar-refractivity contribution is -0.135. The van der Waals surface area contributed by atoms with E-state index in [-0.39, 0.29) is 22.8 Å². The van der Waals surface area contributed by atoms with Gasteiger partial charge < -0.3 is 10.5 Å². The molecule has 3 aromatic rings. The Morgan fingerprint density at radius 2 is 2.00 bits per heavy atom. The van der Waals surface area contributed by atoms with E-state index in [1.807, 2.05) is 0 Å². The number of methoxy groups -OCH3 is 1. The van der Waals surface area contributed by atoms with Gasteiger partial charge in [0.05, 0.1) is 12.8 Å². The van der Waals surface area contributed by atoms with Gasteiger partial charge in [0.1, 0.15) is 35.8 Å². The minimum atomic E-state index is -0.871. The van der Waals surface area contributed by atoms with E-state index in [0.717, 1.165) is 7.11 Å². The highest BCUT2D eigenvalue weighted by atomic mass is 19.1. The maximum absolute atomic E-state index is 13.1. The van der Waals surface area contributed by atoms with Gasteiger partial charge in [-0.25, -0.2) is 24.1 Å². The van der Waals surface area contributed by atoms with Crippen LogP contribution in [-0.2, 0) is 9.53 Å². The maximum Gasteiger partial charge on any atom is 0.350 e. The lowest BCUT2D eigenvalue weighted by Gasteiger charge is -2.06. The van der Waals surface area contributed by atoms with E-state index in [1.165, 1.54) is 24.8 Å². The standard InChI is InChI=1S/C16H11FN6O2/c1-25-16(24)11(6-18)12(19)13-14-15(21-7-20-13)23(8-22-14)10-4-2-9(17)3-5-10/h2-5,7-8H,19H2,1H3/b12-11+. The number of aromatic nitrogens is 4. The number of carbonyl (C=O) groups is 1. The molecule has 2 aromatic heterocycles. The Labute approximate surface area is 141 Å². The van der Waals surface area contributed by atoms with Crippen LogP contribution in [0.15, 0.2) is 42.5 Å². The number of esters is 1. The fourth-order valence-electron chi connectivity index (χ4n) is 2.26. The third kappa shape index (κ3) is 2.76. The predicted octanol–water partition coefficient (Wildman–Crippen LogP) is 1.32. The van der Waals surface area contributed by atoms with E-state index in [2.05, 4.69) is 19.7 Å². The van der Waals surface area contributed by atoms with E-state index in [0.29, 0.717) is 16.9 Å². The van der Waals surface area contributed by atoms with E-state index >= 15 is 0 Å². The van der Waals surface area contributed by atoms with Gasteiger partial charge in [-0.15, -0.1) is 0 Å². The molecule has 8 nitrogen and oxygen atoms in total. The average Bonchev–Trinajstić information content (AvgIpc) is 3.06. The van der Waals surface area contributed by atoms with Crippen molar-refractivity contribution in [1.29, 1.82) is 5.26 Å². The summed E-state index contributed by atoms with van der Waals surface area (Å²) in [6.07, 6.45) is 2.70. The maximum atomic E-state index is 13.1. The van der Waals surface area contributed by atoms with Gasteiger partial charge in [0.15, 0.2) is 11.2 Å². The second kappa shape index (κ2) is 6.37. The summed E-state index contributed by atoms with van der Waals surface area (Å²) in [5, 5.41) is 9.15. The summed E-state index contributed by atoms with van der Waals surface area (Å²) in [7, 11) is 1.14. The molecule has 0 bridgehead atoms. The molecular weight excluding hydrogens is 327 g/mol. The molecule has 1 aromatic carbocycles. The minimum absolute atomic E-state index is 0.132. The molecule has 3 rings (SSSR count). The number of nitrogens with zero attached hydrogens (tertiary/aromatic N) is 5. The Kier molecular flexibility index (Phi) is 4.09. The molecule has 0 fully saturated rings. The second-order valence-electron chi connectivity index (χ2n) is 4.88. The molecule has 0 radical (unpaired) electrons. The van der Waals surface area contributed by atoms with Crippen molar-refractivity contribution in [2.24, 2.45) is 5.73 Å². The number of carbonyl (C=O) groups excluding carboxylic acids is 1. The Bertz CT molecular complexity index is 1030. The van der Waals surface area contributed by atoms with Crippen molar-refractivity contribution >= 4 is 22.8 Å². The summed E-state index contributed by atoms with van der Waals surface area (Å²) in [6, 6.07) is 7.44. The minimum Gasteiger partial charge on any atom is -0.465 e. The average molecular weight is 338 g/mol. The summed E-state index contributed by atoms with van der Waals surface area (Å²) in [5.74, 6) is -1.24. The van der Waals surface area contributed by atoms with Crippen LogP contribution >= 0.6 is 0 Å². The second-order valence-corrected chi connectivity index (χ2v) is 4.88. The summed E-state index contributed by atoms with van der Waals surface area (Å²) in [4.78, 5) is 24.1. The monoisotopic (exact) mass is 338 g/mol. The first-order valence-corrected chi connectivity index (χ1v) is 6.99. The number of nitrogens with two attached hydrogens (primary N) is 1. The zero-order valence-electron chi connectivity index (χ0n) is 13.0. The van der Waals surface area contributed by atoms with Crippen LogP contribution in [-0.4, -0.2) is 32.6 Å². The number of fused-ring (bicyclic) bond motifs is 1. The highest BCUT2D eigenvalue weighted by Crippen LogP contribution is 2.22. The van der Waals surface area contributed by atoms with Gasteiger partial charge in [-0.1, -0.05) is 0 Å². The van der Waals surface area contributed by atoms with Gasteiger partial charge in [0.2, 0.25) is 0 Å². The van der Waals surface area contributed by atoms with E-state index in [1.54, 1.807) is 22.8 Å². The first-order chi connectivity index (χ1) is 12.1. The van der Waals surface area contributed by atoms with Crippen molar-refractivity contribution in [1.82, 2.24) is 19.5 Å². The van der Waals surface area contributed by atoms with Crippen LogP contribution in [0, 0.1) is 17.1 Å². The van der Waals surface area contributed by atoms with Crippen molar-refractivity contribution < 1.29 is 13.9 Å². The number of benzene rings is 1. The van der Waals surface area contributed by atoms with Gasteiger partial charge in [0, 0.05) is 5.69 Å². The lowest BCUT2D eigenvalue weighted by Crippen LogP contribution is -2.12. The third-order valence-electron chi connectivity index (χ3n) is 3.46. The quantitative estimate of drug-likeness (QED) is 0.434. The van der Waals surface area contributed by atoms with Gasteiger partial charge in [-0.3, -0.25) is 4.57 Å². The Morgan fingerprint density at radius 1 is 1.28 bits per heavy atom. The van der Waals surface area contributed by atoms with Crippen LogP contribution < -0.4 is 5.73 Å². The normalized spacial score (nSPS) is 11.7. The number of hydrogen-bond donors (Lipinski definition) is 1. The van der Waals surface area contributed by atoms with Gasteiger partial charge in [0.25, 0.3) is 0 Å². The summed E-state index contributed by atoms with van der Waals surface area (Å²) in [6.45, 7) is 0. The predicted molar refractivity (Wildman–Crippen MR) is 85.4 cm³/mol. The van der Waals surface area contributed by atoms with Crippen molar-refractivity contribution in [3.05, 3.63) is 54.0 Å². The molecule has 0 unspecified atom stereocenters. The molecule has 2 heterocycles. The van der Waals surface area contributed by atoms with Gasteiger partial charge in [-0.2, -0.15) is 5.26 Å². The van der Waals surface area contributed by atoms with Crippen molar-refractivity contribution in [3.63, 3.8) is 0 Å². The molecule has 25 heavy (non-hydrogen) atoms. The van der Waals surface area contributed by atoms with Crippen molar-refractivity contribution in [2.75, 3.05) is 7.11 Å². The molecule has 0 amide bonds. The zero-order valence-corrected chi connectivity index (χ0v) is 13.0. The Balaban J connectivity index is 2.20. The molecule has 0 aliphatic carbocycles. The number of halogens is 1. The molecule has 0 saturated heterocycles. The number of nitriles is 1. The molecule has 2 N–H and O–H groups in total. The SMILES string of the molecule is COC(=O)/C(C#N)=C(/N)c1ncnc2c1ncn2-c1ccc(F)cc1. The fraction of sp³-hybridized carbons (Fsp3) is 0.0625. The summed E-state index contributed by atoms with van der Waals surface area (Å²) < 4.78 is 19.3. The van der Waals surface area contributed by atoms with Crippen LogP contribution in [0.1, 0.15) is 5.69 Å². The van der Waals surface area contributed by atoms with Gasteiger partial charge in [-0.05, 0) is 24.3 Å². The smallest absolute Gasteiger partial charge is 0.350 e. The van der Waals surface area contributed by atoms with Crippen LogP contribution in [0.2, 0.25) is 0 Å². The third-order valence-corrected chi connectivity index (χ3v) is 3.46. The first kappa shape index (κ1) is 16.1. The Morgan fingerprint density at radius 3 is 2.64 bits per heavy atom. The van der Waals surface area contributed by atoms with Crippen LogP contribution in [0.5, 0.6) is 0 Å². The van der Waals surface area contributed by atoms with E-state index < -0.39 is 5.97 Å². The van der Waals surface area contributed by atoms with E-state index in [9.17, 15) is 9.18 Å². The highest BCUT2D eigenvalue weighted by molar-refractivity contribution is 6.02. The molecule has 124 valence electrons. The Hall–Kier alpha value is -3.80. The highest BCUT2D eigenvalue weighted by Gasteiger charge is 2.20. The largest absolute Gasteiger partial charge is 0.465 e. The number of imidazole rings is 1. The first-order valence-electron chi connectivity index (χ1n) is 6.99. The molecule has 0 atom stereocenters. The fourth-order valence-corrected chi connectivity index (χ4v) is 2.26. The van der Waals surface area contributed by atoms with Gasteiger partial charge >= 0.3 is 5.97 Å². The number of ether oxygens (including phenoxy) is 1. The summed E-state index contributed by atoms with van der Waals surface area (Å²) >= 11 is 0. The topological polar surface area (TPSA) is 120 Å². The van der Waals surface area contributed by atoms with E-state index in [4.69, 9.17) is 11.0 Å². The zero-order chi connectivity index (χ0) is 18.0. The lowest BCUT2D eigenvalue weighted by atomic mass is 10.1. The molecular formula is C16H11FN6O2. The molecule has 0 aliphatic heterocycles. The number of rotatable bonds is 3. The molecule has 0 aliphatic rings. The van der Waals surface area contributed by atoms with Crippen molar-refractivity contribution in [3.8, 4) is 11.8 Å². The number of hydrogen-bond acceptors (Lipinski definition) is 7. The van der Waals surface area contributed by atoms with Crippen LogP contribution in [0.4, 0.5) is 4.39 Å². The van der Waals surface area contributed by atoms with Crippen LogP contribution in [0.3, 0.4) is 0 Å². The molecule has 0 saturated carbocycles. The summed E-state index contributed by atoms with van der Waals surface area (Å²) in [5.41, 5.74) is 6.83. The van der Waals surface area contributed by atoms with Crippen molar-refractivity contribution in [2.45, 2.75) is 0 Å². The molecule has 0 spiro atoms.